The van der Waals surface area contributed by atoms with Gasteiger partial charge in [-0.2, -0.15) is 0 Å². The molecule has 0 unspecified atom stereocenters. The van der Waals surface area contributed by atoms with E-state index in [1.54, 1.807) is 31.2 Å². The van der Waals surface area contributed by atoms with Gasteiger partial charge in [0.05, 0.1) is 17.7 Å². The number of ether oxygens (including phenoxy) is 1. The smallest absolute Gasteiger partial charge is 0.264 e. The Morgan fingerprint density at radius 2 is 1.67 bits per heavy atom. The maximum atomic E-state index is 14.2. The number of nitrogens with one attached hydrogen (secondary N) is 1. The van der Waals surface area contributed by atoms with Crippen LogP contribution < -0.4 is 14.4 Å². The van der Waals surface area contributed by atoms with E-state index in [-0.39, 0.29) is 39.8 Å². The molecule has 43 heavy (non-hydrogen) atoms. The van der Waals surface area contributed by atoms with Crippen LogP contribution in [0.2, 0.25) is 5.02 Å². The summed E-state index contributed by atoms with van der Waals surface area (Å²) in [6.45, 7) is 5.06. The Hall–Kier alpha value is -3.56. The topological polar surface area (TPSA) is 96.0 Å². The molecule has 0 bridgehead atoms. The maximum Gasteiger partial charge on any atom is 0.264 e. The van der Waals surface area contributed by atoms with Crippen molar-refractivity contribution in [1.29, 1.82) is 0 Å². The third kappa shape index (κ3) is 8.09. The van der Waals surface area contributed by atoms with Crippen LogP contribution in [0.25, 0.3) is 0 Å². The molecular formula is C33H40ClN3O5S. The Morgan fingerprint density at radius 3 is 2.33 bits per heavy atom. The molecule has 230 valence electrons. The van der Waals surface area contributed by atoms with Crippen LogP contribution in [0.4, 0.5) is 5.69 Å². The van der Waals surface area contributed by atoms with E-state index in [1.807, 2.05) is 38.1 Å². The second-order valence-corrected chi connectivity index (χ2v) is 13.5. The first-order valence-electron chi connectivity index (χ1n) is 14.6. The van der Waals surface area contributed by atoms with E-state index in [1.165, 1.54) is 30.2 Å². The van der Waals surface area contributed by atoms with Crippen molar-refractivity contribution >= 4 is 39.1 Å². The number of halogens is 1. The lowest BCUT2D eigenvalue weighted by molar-refractivity contribution is -0.139. The molecular weight excluding hydrogens is 586 g/mol. The quantitative estimate of drug-likeness (QED) is 0.281. The van der Waals surface area contributed by atoms with Crippen molar-refractivity contribution in [3.05, 3.63) is 88.4 Å². The normalized spacial score (nSPS) is 14.5. The van der Waals surface area contributed by atoms with Crippen LogP contribution in [-0.4, -0.2) is 50.9 Å². The number of carbonyl (C=O) groups is 2. The standard InChI is InChI=1S/C33H40ClN3O5S/c1-23-13-16-29(17-14-23)43(40,41)37(30-20-27(34)15-18-31(30)42-4)22-32(38)36(21-26-10-8-9-24(2)19-26)25(3)33(39)35-28-11-6-5-7-12-28/h8-10,13-20,25,28H,5-7,11-12,21-22H2,1-4H3,(H,35,39)/t25-/m1/s1. The van der Waals surface area contributed by atoms with Gasteiger partial charge in [0.25, 0.3) is 10.0 Å². The summed E-state index contributed by atoms with van der Waals surface area (Å²) in [5, 5.41) is 3.40. The fraction of sp³-hybridized carbons (Fsp3) is 0.394. The summed E-state index contributed by atoms with van der Waals surface area (Å²) in [5.74, 6) is -0.562. The summed E-state index contributed by atoms with van der Waals surface area (Å²) in [6, 6.07) is 17.9. The third-order valence-corrected chi connectivity index (χ3v) is 9.86. The number of nitrogens with zero attached hydrogens (tertiary/aromatic N) is 2. The highest BCUT2D eigenvalue weighted by atomic mass is 35.5. The highest BCUT2D eigenvalue weighted by Gasteiger charge is 2.34. The van der Waals surface area contributed by atoms with E-state index in [0.29, 0.717) is 0 Å². The second kappa shape index (κ2) is 14.3. The number of hydrogen-bond acceptors (Lipinski definition) is 5. The average molecular weight is 626 g/mol. The number of anilines is 1. The van der Waals surface area contributed by atoms with Crippen molar-refractivity contribution in [3.8, 4) is 5.75 Å². The Balaban J connectivity index is 1.73. The van der Waals surface area contributed by atoms with Crippen LogP contribution in [0.1, 0.15) is 55.7 Å². The fourth-order valence-corrected chi connectivity index (χ4v) is 6.95. The Labute approximate surface area is 260 Å². The molecule has 0 spiro atoms. The maximum absolute atomic E-state index is 14.2. The predicted molar refractivity (Wildman–Crippen MR) is 170 cm³/mol. The second-order valence-electron chi connectivity index (χ2n) is 11.2. The minimum atomic E-state index is -4.25. The molecule has 3 aromatic carbocycles. The van der Waals surface area contributed by atoms with Gasteiger partial charge in [-0.05, 0) is 69.5 Å². The van der Waals surface area contributed by atoms with Gasteiger partial charge in [-0.15, -0.1) is 0 Å². The molecule has 0 aromatic heterocycles. The molecule has 1 aliphatic carbocycles. The van der Waals surface area contributed by atoms with Gasteiger partial charge in [0.1, 0.15) is 18.3 Å². The lowest BCUT2D eigenvalue weighted by atomic mass is 9.95. The lowest BCUT2D eigenvalue weighted by Crippen LogP contribution is -2.53. The Bertz CT molecular complexity index is 1540. The van der Waals surface area contributed by atoms with Crippen LogP contribution in [0.5, 0.6) is 5.75 Å². The van der Waals surface area contributed by atoms with E-state index in [2.05, 4.69) is 5.32 Å². The predicted octanol–water partition coefficient (Wildman–Crippen LogP) is 6.03. The van der Waals surface area contributed by atoms with Crippen molar-refractivity contribution in [2.45, 2.75) is 76.4 Å². The number of hydrogen-bond donors (Lipinski definition) is 1. The molecule has 1 atom stereocenters. The van der Waals surface area contributed by atoms with Crippen LogP contribution in [0, 0.1) is 13.8 Å². The Kier molecular flexibility index (Phi) is 10.7. The van der Waals surface area contributed by atoms with E-state index in [9.17, 15) is 18.0 Å². The van der Waals surface area contributed by atoms with Crippen molar-refractivity contribution in [2.75, 3.05) is 18.0 Å². The van der Waals surface area contributed by atoms with Crippen LogP contribution in [-0.2, 0) is 26.2 Å². The molecule has 1 fully saturated rings. The summed E-state index contributed by atoms with van der Waals surface area (Å²) in [6.07, 6.45) is 5.07. The number of methoxy groups -OCH3 is 1. The van der Waals surface area contributed by atoms with Crippen molar-refractivity contribution in [1.82, 2.24) is 10.2 Å². The molecule has 0 saturated heterocycles. The SMILES string of the molecule is COc1ccc(Cl)cc1N(CC(=O)N(Cc1cccc(C)c1)[C@H](C)C(=O)NC1CCCCC1)S(=O)(=O)c1ccc(C)cc1. The van der Waals surface area contributed by atoms with Gasteiger partial charge in [0, 0.05) is 17.6 Å². The van der Waals surface area contributed by atoms with E-state index >= 15 is 0 Å². The molecule has 3 aromatic rings. The summed E-state index contributed by atoms with van der Waals surface area (Å²) in [7, 11) is -2.83. The van der Waals surface area contributed by atoms with E-state index in [0.717, 1.165) is 53.1 Å². The number of benzene rings is 3. The van der Waals surface area contributed by atoms with Crippen molar-refractivity contribution in [3.63, 3.8) is 0 Å². The summed E-state index contributed by atoms with van der Waals surface area (Å²) in [5.41, 5.74) is 2.86. The van der Waals surface area contributed by atoms with Gasteiger partial charge in [0.15, 0.2) is 0 Å². The van der Waals surface area contributed by atoms with Crippen LogP contribution >= 0.6 is 11.6 Å². The average Bonchev–Trinajstić information content (AvgIpc) is 2.99. The molecule has 0 aliphatic heterocycles. The number of sulfonamides is 1. The van der Waals surface area contributed by atoms with E-state index < -0.39 is 28.5 Å². The number of carbonyl (C=O) groups excluding carboxylic acids is 2. The first-order chi connectivity index (χ1) is 20.5. The molecule has 2 amide bonds. The molecule has 1 saturated carbocycles. The fourth-order valence-electron chi connectivity index (χ4n) is 5.37. The van der Waals surface area contributed by atoms with Crippen molar-refractivity contribution in [2.24, 2.45) is 0 Å². The van der Waals surface area contributed by atoms with E-state index in [4.69, 9.17) is 16.3 Å². The lowest BCUT2D eigenvalue weighted by Gasteiger charge is -2.33. The molecule has 0 heterocycles. The highest BCUT2D eigenvalue weighted by Crippen LogP contribution is 2.35. The number of aryl methyl sites for hydroxylation is 2. The van der Waals surface area contributed by atoms with Crippen molar-refractivity contribution < 1.29 is 22.7 Å². The number of rotatable bonds is 11. The van der Waals surface area contributed by atoms with Gasteiger partial charge in [-0.3, -0.25) is 13.9 Å². The molecule has 10 heteroatoms. The van der Waals surface area contributed by atoms with Crippen LogP contribution in [0.3, 0.4) is 0 Å². The van der Waals surface area contributed by atoms with Gasteiger partial charge in [-0.25, -0.2) is 8.42 Å². The molecule has 4 rings (SSSR count). The third-order valence-electron chi connectivity index (χ3n) is 7.85. The molecule has 0 radical (unpaired) electrons. The van der Waals surface area contributed by atoms with Gasteiger partial charge >= 0.3 is 0 Å². The Morgan fingerprint density at radius 1 is 0.977 bits per heavy atom. The van der Waals surface area contributed by atoms with Crippen LogP contribution in [0.15, 0.2) is 71.6 Å². The summed E-state index contributed by atoms with van der Waals surface area (Å²) >= 11 is 6.32. The first-order valence-corrected chi connectivity index (χ1v) is 16.4. The minimum absolute atomic E-state index is 0.0150. The highest BCUT2D eigenvalue weighted by molar-refractivity contribution is 7.92. The zero-order chi connectivity index (χ0) is 31.1. The van der Waals surface area contributed by atoms with Gasteiger partial charge in [0.2, 0.25) is 11.8 Å². The van der Waals surface area contributed by atoms with Gasteiger partial charge < -0.3 is 15.0 Å². The molecule has 1 N–H and O–H groups in total. The largest absolute Gasteiger partial charge is 0.495 e. The first kappa shape index (κ1) is 32.4. The summed E-state index contributed by atoms with van der Waals surface area (Å²) < 4.78 is 34.8. The number of amides is 2. The summed E-state index contributed by atoms with van der Waals surface area (Å²) in [4.78, 5) is 29.2. The molecule has 8 nitrogen and oxygen atoms in total. The monoisotopic (exact) mass is 625 g/mol. The molecule has 1 aliphatic rings. The minimum Gasteiger partial charge on any atom is -0.495 e. The van der Waals surface area contributed by atoms with Gasteiger partial charge in [-0.1, -0.05) is 78.4 Å². The zero-order valence-corrected chi connectivity index (χ0v) is 26.7. The zero-order valence-electron chi connectivity index (χ0n) is 25.2.